The Bertz CT molecular complexity index is 1130. The summed E-state index contributed by atoms with van der Waals surface area (Å²) in [5.41, 5.74) is 1.69. The van der Waals surface area contributed by atoms with Crippen LogP contribution in [0.3, 0.4) is 0 Å². The molecule has 0 bridgehead atoms. The van der Waals surface area contributed by atoms with Crippen molar-refractivity contribution in [3.8, 4) is 5.75 Å². The van der Waals surface area contributed by atoms with Crippen molar-refractivity contribution in [3.05, 3.63) is 53.8 Å². The molecule has 0 radical (unpaired) electrons. The Morgan fingerprint density at radius 3 is 2.44 bits per heavy atom. The normalized spacial score (nSPS) is 18.6. The molecule has 7 nitrogen and oxygen atoms in total. The van der Waals surface area contributed by atoms with Crippen LogP contribution in [0.1, 0.15) is 55.9 Å². The van der Waals surface area contributed by atoms with E-state index < -0.39 is 11.7 Å². The zero-order valence-corrected chi connectivity index (χ0v) is 18.1. The van der Waals surface area contributed by atoms with E-state index in [-0.39, 0.29) is 29.7 Å². The van der Waals surface area contributed by atoms with Crippen LogP contribution in [-0.4, -0.2) is 32.5 Å². The summed E-state index contributed by atoms with van der Waals surface area (Å²) in [6.07, 6.45) is 2.95. The predicted molar refractivity (Wildman–Crippen MR) is 120 cm³/mol. The van der Waals surface area contributed by atoms with E-state index in [1.54, 1.807) is 18.2 Å². The lowest BCUT2D eigenvalue weighted by Gasteiger charge is -2.30. The molecule has 1 aliphatic carbocycles. The number of imidazole rings is 1. The number of phenols is 1. The second-order valence-corrected chi connectivity index (χ2v) is 8.61. The van der Waals surface area contributed by atoms with Gasteiger partial charge in [0.25, 0.3) is 5.91 Å². The highest BCUT2D eigenvalue weighted by Crippen LogP contribution is 2.37. The zero-order valence-electron chi connectivity index (χ0n) is 18.1. The molecular weight excluding hydrogens is 411 g/mol. The second kappa shape index (κ2) is 8.98. The van der Waals surface area contributed by atoms with Gasteiger partial charge >= 0.3 is 0 Å². The Balaban J connectivity index is 1.60. The first-order chi connectivity index (χ1) is 15.3. The number of nitrogens with zero attached hydrogens (tertiary/aromatic N) is 2. The number of nitrogens with one attached hydrogen (secondary N) is 2. The third-order valence-corrected chi connectivity index (χ3v) is 5.87. The number of aromatic nitrogens is 2. The maximum Gasteiger partial charge on any atom is 0.257 e. The van der Waals surface area contributed by atoms with E-state index in [2.05, 4.69) is 15.6 Å². The lowest BCUT2D eigenvalue weighted by molar-refractivity contribution is -0.126. The predicted octanol–water partition coefficient (Wildman–Crippen LogP) is 4.39. The third-order valence-electron chi connectivity index (χ3n) is 5.87. The number of rotatable bonds is 5. The molecule has 0 saturated heterocycles. The van der Waals surface area contributed by atoms with Gasteiger partial charge in [-0.3, -0.25) is 14.9 Å². The van der Waals surface area contributed by atoms with E-state index in [1.807, 2.05) is 18.4 Å². The minimum Gasteiger partial charge on any atom is -0.508 e. The van der Waals surface area contributed by atoms with Gasteiger partial charge in [0.2, 0.25) is 11.9 Å². The summed E-state index contributed by atoms with van der Waals surface area (Å²) in [6, 6.07) is 10.3. The monoisotopic (exact) mass is 438 g/mol. The molecule has 1 aromatic heterocycles. The molecule has 168 valence electrons. The molecule has 1 fully saturated rings. The number of carbonyl (C=O) groups is 2. The Hall–Kier alpha value is -3.42. The fraction of sp³-hybridized carbons (Fsp3) is 0.375. The smallest absolute Gasteiger partial charge is 0.257 e. The number of hydrogen-bond acceptors (Lipinski definition) is 4. The number of fused-ring (bicyclic) bond motifs is 1. The van der Waals surface area contributed by atoms with E-state index in [4.69, 9.17) is 0 Å². The van der Waals surface area contributed by atoms with Crippen molar-refractivity contribution in [2.45, 2.75) is 51.6 Å². The molecule has 1 heterocycles. The Kier molecular flexibility index (Phi) is 6.12. The number of halogens is 1. The lowest BCUT2D eigenvalue weighted by atomic mass is 9.85. The fourth-order valence-electron chi connectivity index (χ4n) is 4.31. The number of anilines is 1. The molecule has 0 aliphatic heterocycles. The first-order valence-electron chi connectivity index (χ1n) is 10.9. The molecule has 1 aliphatic rings. The van der Waals surface area contributed by atoms with E-state index in [1.165, 1.54) is 24.3 Å². The Morgan fingerprint density at radius 1 is 1.09 bits per heavy atom. The molecule has 3 N–H and O–H groups in total. The van der Waals surface area contributed by atoms with Gasteiger partial charge in [-0.25, -0.2) is 9.37 Å². The zero-order chi connectivity index (χ0) is 22.8. The summed E-state index contributed by atoms with van der Waals surface area (Å²) in [6.45, 7) is 3.90. The van der Waals surface area contributed by atoms with Gasteiger partial charge in [-0.2, -0.15) is 0 Å². The molecule has 0 unspecified atom stereocenters. The van der Waals surface area contributed by atoms with E-state index >= 15 is 0 Å². The summed E-state index contributed by atoms with van der Waals surface area (Å²) in [5, 5.41) is 15.9. The first kappa shape index (κ1) is 21.8. The summed E-state index contributed by atoms with van der Waals surface area (Å²) in [4.78, 5) is 29.7. The molecule has 2 amide bonds. The maximum absolute atomic E-state index is 13.2. The van der Waals surface area contributed by atoms with Crippen LogP contribution in [-0.2, 0) is 4.79 Å². The van der Waals surface area contributed by atoms with Crippen molar-refractivity contribution in [1.82, 2.24) is 14.9 Å². The fourth-order valence-corrected chi connectivity index (χ4v) is 4.31. The number of benzene rings is 2. The second-order valence-electron chi connectivity index (χ2n) is 8.61. The van der Waals surface area contributed by atoms with Gasteiger partial charge in [0.1, 0.15) is 11.6 Å². The number of aromatic hydroxyl groups is 1. The van der Waals surface area contributed by atoms with Crippen molar-refractivity contribution in [2.75, 3.05) is 5.32 Å². The largest absolute Gasteiger partial charge is 0.508 e. The van der Waals surface area contributed by atoms with Gasteiger partial charge in [0.05, 0.1) is 11.0 Å². The van der Waals surface area contributed by atoms with Gasteiger partial charge < -0.3 is 15.0 Å². The van der Waals surface area contributed by atoms with Crippen molar-refractivity contribution >= 4 is 28.8 Å². The minimum atomic E-state index is -0.414. The van der Waals surface area contributed by atoms with Gasteiger partial charge in [-0.1, -0.05) is 0 Å². The molecule has 2 aromatic carbocycles. The Labute approximate surface area is 185 Å². The molecule has 0 atom stereocenters. The van der Waals surface area contributed by atoms with Gasteiger partial charge in [-0.15, -0.1) is 0 Å². The summed E-state index contributed by atoms with van der Waals surface area (Å²) in [5.74, 6) is -0.279. The molecule has 3 aromatic rings. The number of hydrogen-bond donors (Lipinski definition) is 3. The van der Waals surface area contributed by atoms with Crippen LogP contribution in [0, 0.1) is 11.7 Å². The molecule has 0 spiro atoms. The molecular formula is C24H27FN4O3. The van der Waals surface area contributed by atoms with Crippen LogP contribution in [0.15, 0.2) is 42.5 Å². The van der Waals surface area contributed by atoms with Gasteiger partial charge in [0, 0.05) is 29.6 Å². The van der Waals surface area contributed by atoms with Crippen molar-refractivity contribution in [2.24, 2.45) is 5.92 Å². The Morgan fingerprint density at radius 2 is 1.78 bits per heavy atom. The number of amides is 2. The SMILES string of the molecule is CC(C)NC(=O)C1CCC(n2c(NC(=O)c3ccc(F)cc3)nc3ccc(O)cc32)CC1. The van der Waals surface area contributed by atoms with Gasteiger partial charge in [0.15, 0.2) is 0 Å². The highest BCUT2D eigenvalue weighted by atomic mass is 19.1. The quantitative estimate of drug-likeness (QED) is 0.550. The molecule has 4 rings (SSSR count). The van der Waals surface area contributed by atoms with Crippen LogP contribution in [0.4, 0.5) is 10.3 Å². The van der Waals surface area contributed by atoms with Crippen LogP contribution in [0.25, 0.3) is 11.0 Å². The molecule has 32 heavy (non-hydrogen) atoms. The summed E-state index contributed by atoms with van der Waals surface area (Å²) < 4.78 is 15.2. The highest BCUT2D eigenvalue weighted by Gasteiger charge is 2.30. The van der Waals surface area contributed by atoms with Crippen molar-refractivity contribution in [3.63, 3.8) is 0 Å². The van der Waals surface area contributed by atoms with Crippen LogP contribution in [0.2, 0.25) is 0 Å². The summed E-state index contributed by atoms with van der Waals surface area (Å²) >= 11 is 0. The topological polar surface area (TPSA) is 96.3 Å². The van der Waals surface area contributed by atoms with Gasteiger partial charge in [-0.05, 0) is 75.9 Å². The highest BCUT2D eigenvalue weighted by molar-refractivity contribution is 6.04. The number of phenolic OH excluding ortho intramolecular Hbond substituents is 1. The summed E-state index contributed by atoms with van der Waals surface area (Å²) in [7, 11) is 0. The maximum atomic E-state index is 13.2. The minimum absolute atomic E-state index is 0.0217. The average Bonchev–Trinajstić information content (AvgIpc) is 3.10. The van der Waals surface area contributed by atoms with E-state index in [0.29, 0.717) is 17.0 Å². The van der Waals surface area contributed by atoms with Crippen LogP contribution >= 0.6 is 0 Å². The first-order valence-corrected chi connectivity index (χ1v) is 10.9. The standard InChI is InChI=1S/C24H27FN4O3/c1-14(2)26-22(31)16-5-9-18(10-6-16)29-21-13-19(30)11-12-20(21)27-24(29)28-23(32)15-3-7-17(25)8-4-15/h3-4,7-8,11-14,16,18,30H,5-6,9-10H2,1-2H3,(H,26,31)(H,27,28,32). The number of carbonyl (C=O) groups excluding carboxylic acids is 2. The van der Waals surface area contributed by atoms with Crippen LogP contribution < -0.4 is 10.6 Å². The van der Waals surface area contributed by atoms with E-state index in [9.17, 15) is 19.1 Å². The van der Waals surface area contributed by atoms with Crippen LogP contribution in [0.5, 0.6) is 5.75 Å². The van der Waals surface area contributed by atoms with E-state index in [0.717, 1.165) is 31.2 Å². The lowest BCUT2D eigenvalue weighted by Crippen LogP contribution is -2.37. The van der Waals surface area contributed by atoms with Crippen molar-refractivity contribution in [1.29, 1.82) is 0 Å². The van der Waals surface area contributed by atoms with Crippen molar-refractivity contribution < 1.29 is 19.1 Å². The molecule has 8 heteroatoms. The third kappa shape index (κ3) is 4.59. The molecule has 1 saturated carbocycles. The average molecular weight is 439 g/mol.